The second kappa shape index (κ2) is 6.28. The first-order valence-corrected chi connectivity index (χ1v) is 6.54. The Morgan fingerprint density at radius 2 is 1.95 bits per heavy atom. The van der Waals surface area contributed by atoms with Crippen molar-refractivity contribution >= 4 is 5.69 Å². The molecule has 4 heteroatoms. The van der Waals surface area contributed by atoms with Gasteiger partial charge in [0.05, 0.1) is 32.1 Å². The molecule has 4 nitrogen and oxygen atoms in total. The van der Waals surface area contributed by atoms with Gasteiger partial charge in [-0.15, -0.1) is 0 Å². The second-order valence-corrected chi connectivity index (χ2v) is 4.66. The molecule has 0 radical (unpaired) electrons. The molecule has 0 fully saturated rings. The van der Waals surface area contributed by atoms with Gasteiger partial charge in [-0.2, -0.15) is 0 Å². The molecule has 0 aliphatic carbocycles. The average molecular weight is 272 g/mol. The van der Waals surface area contributed by atoms with Gasteiger partial charge in [-0.1, -0.05) is 0 Å². The summed E-state index contributed by atoms with van der Waals surface area (Å²) < 4.78 is 10.7. The summed E-state index contributed by atoms with van der Waals surface area (Å²) in [4.78, 5) is 4.15. The van der Waals surface area contributed by atoms with Crippen LogP contribution in [0.15, 0.2) is 36.7 Å². The predicted octanol–water partition coefficient (Wildman–Crippen LogP) is 3.58. The third kappa shape index (κ3) is 3.02. The number of nitrogens with zero attached hydrogens (tertiary/aromatic N) is 1. The van der Waals surface area contributed by atoms with Crippen LogP contribution in [0.1, 0.15) is 24.1 Å². The van der Waals surface area contributed by atoms with E-state index in [0.717, 1.165) is 28.3 Å². The van der Waals surface area contributed by atoms with Crippen molar-refractivity contribution in [2.24, 2.45) is 0 Å². The molecular formula is C16H20N2O2. The van der Waals surface area contributed by atoms with Gasteiger partial charge >= 0.3 is 0 Å². The fourth-order valence-corrected chi connectivity index (χ4v) is 2.10. The van der Waals surface area contributed by atoms with E-state index in [2.05, 4.69) is 24.1 Å². The van der Waals surface area contributed by atoms with E-state index in [0.29, 0.717) is 0 Å². The fourth-order valence-electron chi connectivity index (χ4n) is 2.10. The van der Waals surface area contributed by atoms with Crippen molar-refractivity contribution in [3.8, 4) is 11.5 Å². The molecule has 1 unspecified atom stereocenters. The molecule has 106 valence electrons. The number of nitrogens with one attached hydrogen (secondary N) is 1. The summed E-state index contributed by atoms with van der Waals surface area (Å²) >= 11 is 0. The zero-order valence-electron chi connectivity index (χ0n) is 12.3. The molecule has 1 atom stereocenters. The van der Waals surface area contributed by atoms with Crippen LogP contribution in [0.5, 0.6) is 11.5 Å². The summed E-state index contributed by atoms with van der Waals surface area (Å²) in [5, 5.41) is 3.45. The van der Waals surface area contributed by atoms with Gasteiger partial charge in [0.1, 0.15) is 11.5 Å². The van der Waals surface area contributed by atoms with Crippen LogP contribution < -0.4 is 14.8 Å². The minimum atomic E-state index is 0.0861. The summed E-state index contributed by atoms with van der Waals surface area (Å²) in [5.74, 6) is 1.66. The Labute approximate surface area is 119 Å². The zero-order valence-corrected chi connectivity index (χ0v) is 12.3. The van der Waals surface area contributed by atoms with Crippen molar-refractivity contribution in [2.45, 2.75) is 19.9 Å². The highest BCUT2D eigenvalue weighted by Gasteiger charge is 2.13. The molecule has 2 aromatic rings. The van der Waals surface area contributed by atoms with Crippen LogP contribution in [0.3, 0.4) is 0 Å². The highest BCUT2D eigenvalue weighted by molar-refractivity contribution is 5.52. The lowest BCUT2D eigenvalue weighted by molar-refractivity contribution is 0.397. The highest BCUT2D eigenvalue weighted by Crippen LogP contribution is 2.31. The lowest BCUT2D eigenvalue weighted by Gasteiger charge is -2.20. The third-order valence-electron chi connectivity index (χ3n) is 3.31. The molecule has 2 rings (SSSR count). The van der Waals surface area contributed by atoms with Crippen LogP contribution in [0.4, 0.5) is 5.69 Å². The molecule has 0 amide bonds. The van der Waals surface area contributed by atoms with Gasteiger partial charge in [0.15, 0.2) is 0 Å². The molecule has 1 N–H and O–H groups in total. The standard InChI is InChI=1S/C16H20N2O2/c1-11-7-8-17-10-15(11)18-12(2)14-9-13(19-3)5-6-16(14)20-4/h5-10,12,18H,1-4H3. The second-order valence-electron chi connectivity index (χ2n) is 4.66. The molecule has 20 heavy (non-hydrogen) atoms. The van der Waals surface area contributed by atoms with Crippen LogP contribution in [0.2, 0.25) is 0 Å². The lowest BCUT2D eigenvalue weighted by Crippen LogP contribution is -2.09. The van der Waals surface area contributed by atoms with Crippen LogP contribution in [0, 0.1) is 6.92 Å². The average Bonchev–Trinajstić information content (AvgIpc) is 2.48. The minimum absolute atomic E-state index is 0.0861. The van der Waals surface area contributed by atoms with Gasteiger partial charge in [-0.05, 0) is 43.7 Å². The van der Waals surface area contributed by atoms with Gasteiger partial charge in [0.25, 0.3) is 0 Å². The van der Waals surface area contributed by atoms with E-state index in [-0.39, 0.29) is 6.04 Å². The Bertz CT molecular complexity index is 584. The molecule has 1 aromatic carbocycles. The number of hydrogen-bond acceptors (Lipinski definition) is 4. The van der Waals surface area contributed by atoms with E-state index in [1.165, 1.54) is 0 Å². The summed E-state index contributed by atoms with van der Waals surface area (Å²) in [6, 6.07) is 7.87. The van der Waals surface area contributed by atoms with Crippen LogP contribution in [-0.4, -0.2) is 19.2 Å². The number of ether oxygens (including phenoxy) is 2. The van der Waals surface area contributed by atoms with Crippen LogP contribution >= 0.6 is 0 Å². The summed E-state index contributed by atoms with van der Waals surface area (Å²) in [7, 11) is 3.34. The number of benzene rings is 1. The van der Waals surface area contributed by atoms with Crippen LogP contribution in [0.25, 0.3) is 0 Å². The Morgan fingerprint density at radius 1 is 1.15 bits per heavy atom. The molecule has 0 bridgehead atoms. The Kier molecular flexibility index (Phi) is 4.45. The molecular weight excluding hydrogens is 252 g/mol. The number of hydrogen-bond donors (Lipinski definition) is 1. The number of rotatable bonds is 5. The Balaban J connectivity index is 2.28. The normalized spacial score (nSPS) is 11.8. The first-order chi connectivity index (χ1) is 9.65. The van der Waals surface area contributed by atoms with Gasteiger partial charge in [0.2, 0.25) is 0 Å². The van der Waals surface area contributed by atoms with Crippen molar-refractivity contribution in [3.63, 3.8) is 0 Å². The number of pyridine rings is 1. The van der Waals surface area contributed by atoms with E-state index in [1.54, 1.807) is 20.4 Å². The molecule has 0 saturated heterocycles. The zero-order chi connectivity index (χ0) is 14.5. The van der Waals surface area contributed by atoms with Crippen molar-refractivity contribution in [1.29, 1.82) is 0 Å². The topological polar surface area (TPSA) is 43.4 Å². The number of anilines is 1. The SMILES string of the molecule is COc1ccc(OC)c(C(C)Nc2cnccc2C)c1. The van der Waals surface area contributed by atoms with Crippen molar-refractivity contribution in [1.82, 2.24) is 4.98 Å². The number of methoxy groups -OCH3 is 2. The maximum Gasteiger partial charge on any atom is 0.124 e. The largest absolute Gasteiger partial charge is 0.497 e. The van der Waals surface area contributed by atoms with Gasteiger partial charge in [0, 0.05) is 11.8 Å². The van der Waals surface area contributed by atoms with E-state index in [4.69, 9.17) is 9.47 Å². The fraction of sp³-hybridized carbons (Fsp3) is 0.312. The number of aromatic nitrogens is 1. The molecule has 1 heterocycles. The van der Waals surface area contributed by atoms with E-state index >= 15 is 0 Å². The van der Waals surface area contributed by atoms with E-state index in [9.17, 15) is 0 Å². The summed E-state index contributed by atoms with van der Waals surface area (Å²) in [6.45, 7) is 4.14. The van der Waals surface area contributed by atoms with E-state index < -0.39 is 0 Å². The molecule has 0 aliphatic rings. The van der Waals surface area contributed by atoms with Crippen molar-refractivity contribution in [3.05, 3.63) is 47.8 Å². The molecule has 0 aliphatic heterocycles. The summed E-state index contributed by atoms with van der Waals surface area (Å²) in [5.41, 5.74) is 3.23. The predicted molar refractivity (Wildman–Crippen MR) is 80.6 cm³/mol. The minimum Gasteiger partial charge on any atom is -0.497 e. The smallest absolute Gasteiger partial charge is 0.124 e. The first kappa shape index (κ1) is 14.2. The molecule has 1 aromatic heterocycles. The van der Waals surface area contributed by atoms with Crippen LogP contribution in [-0.2, 0) is 0 Å². The molecule has 0 saturated carbocycles. The first-order valence-electron chi connectivity index (χ1n) is 6.54. The molecule has 0 spiro atoms. The Hall–Kier alpha value is -2.23. The quantitative estimate of drug-likeness (QED) is 0.903. The lowest BCUT2D eigenvalue weighted by atomic mass is 10.1. The Morgan fingerprint density at radius 3 is 2.60 bits per heavy atom. The van der Waals surface area contributed by atoms with Gasteiger partial charge in [-0.25, -0.2) is 0 Å². The van der Waals surface area contributed by atoms with Crippen molar-refractivity contribution < 1.29 is 9.47 Å². The van der Waals surface area contributed by atoms with Crippen molar-refractivity contribution in [2.75, 3.05) is 19.5 Å². The maximum absolute atomic E-state index is 5.42. The maximum atomic E-state index is 5.42. The van der Waals surface area contributed by atoms with Gasteiger partial charge in [-0.3, -0.25) is 4.98 Å². The summed E-state index contributed by atoms with van der Waals surface area (Å²) in [6.07, 6.45) is 3.62. The van der Waals surface area contributed by atoms with E-state index in [1.807, 2.05) is 30.5 Å². The third-order valence-corrected chi connectivity index (χ3v) is 3.31. The highest BCUT2D eigenvalue weighted by atomic mass is 16.5. The monoisotopic (exact) mass is 272 g/mol. The number of aryl methyl sites for hydroxylation is 1. The van der Waals surface area contributed by atoms with Gasteiger partial charge < -0.3 is 14.8 Å².